The Morgan fingerprint density at radius 2 is 1.26 bits per heavy atom. The average Bonchev–Trinajstić information content (AvgIpc) is 4.17. The first kappa shape index (κ1) is 44.1. The number of hydrogen-bond donors (Lipinski definition) is 4. The zero-order chi connectivity index (χ0) is 46.3. The predicted octanol–water partition coefficient (Wildman–Crippen LogP) is 9.40. The Bertz CT molecular complexity index is 3290. The van der Waals surface area contributed by atoms with Gasteiger partial charge in [0, 0.05) is 82.1 Å². The Balaban J connectivity index is 0.000000103. The van der Waals surface area contributed by atoms with Gasteiger partial charge in [0.2, 0.25) is 0 Å². The highest BCUT2D eigenvalue weighted by Gasteiger charge is 2.39. The third-order valence-electron chi connectivity index (χ3n) is 14.4. The monoisotopic (exact) mass is 915 g/mol. The van der Waals surface area contributed by atoms with Crippen molar-refractivity contribution < 1.29 is 4.79 Å². The Labute approximate surface area is 387 Å². The molecule has 15 nitrogen and oxygen atoms in total. The molecule has 4 N–H and O–H groups in total. The van der Waals surface area contributed by atoms with E-state index in [1.54, 1.807) is 30.4 Å². The van der Waals surface area contributed by atoms with Crippen molar-refractivity contribution in [2.75, 3.05) is 0 Å². The van der Waals surface area contributed by atoms with E-state index in [9.17, 15) is 19.2 Å². The van der Waals surface area contributed by atoms with Crippen molar-refractivity contribution in [3.8, 4) is 0 Å². The fourth-order valence-corrected chi connectivity index (χ4v) is 12.1. The molecule has 13 rings (SSSR count). The third-order valence-corrected chi connectivity index (χ3v) is 15.5. The highest BCUT2D eigenvalue weighted by Crippen LogP contribution is 2.50. The number of hydrogen-bond acceptors (Lipinski definition) is 6. The van der Waals surface area contributed by atoms with E-state index in [1.807, 2.05) is 73.6 Å². The van der Waals surface area contributed by atoms with Crippen LogP contribution in [0.15, 0.2) is 56.8 Å². The summed E-state index contributed by atoms with van der Waals surface area (Å²) in [5.41, 5.74) is 12.7. The number of carbonyl (C=O) groups excluding carboxylic acids is 1. The van der Waals surface area contributed by atoms with Crippen molar-refractivity contribution in [1.29, 1.82) is 0 Å². The summed E-state index contributed by atoms with van der Waals surface area (Å²) < 4.78 is 14.1. The van der Waals surface area contributed by atoms with Crippen LogP contribution < -0.4 is 22.1 Å². The van der Waals surface area contributed by atoms with E-state index in [0.717, 1.165) is 80.4 Å². The van der Waals surface area contributed by atoms with E-state index in [1.165, 1.54) is 67.7 Å². The summed E-state index contributed by atoms with van der Waals surface area (Å²) >= 11 is 1.56. The van der Waals surface area contributed by atoms with E-state index < -0.39 is 0 Å². The van der Waals surface area contributed by atoms with E-state index in [0.29, 0.717) is 12.0 Å². The molecule has 5 aliphatic rings. The van der Waals surface area contributed by atoms with Gasteiger partial charge in [-0.3, -0.25) is 39.5 Å². The van der Waals surface area contributed by atoms with Crippen molar-refractivity contribution in [1.82, 2.24) is 53.5 Å². The largest absolute Gasteiger partial charge is 0.347 e. The molecule has 2 atom stereocenters. The lowest BCUT2D eigenvalue weighted by molar-refractivity contribution is 0.0539. The van der Waals surface area contributed by atoms with Crippen LogP contribution in [0.4, 0.5) is 0 Å². The average molecular weight is 916 g/mol. The van der Waals surface area contributed by atoms with Gasteiger partial charge >= 0.3 is 0 Å². The number of carbonyl (C=O) groups is 1. The van der Waals surface area contributed by atoms with Gasteiger partial charge < -0.3 is 13.7 Å². The van der Waals surface area contributed by atoms with Crippen LogP contribution in [0.3, 0.4) is 0 Å². The van der Waals surface area contributed by atoms with E-state index in [4.69, 9.17) is 0 Å². The number of nitrogens with zero attached hydrogens (tertiary/aromatic N) is 7. The maximum Gasteiger partial charge on any atom is 0.284 e. The van der Waals surface area contributed by atoms with Gasteiger partial charge in [-0.2, -0.15) is 0 Å². The number of thiophene rings is 1. The molecule has 350 valence electrons. The normalized spacial score (nSPS) is 18.5. The van der Waals surface area contributed by atoms with Crippen molar-refractivity contribution >= 4 is 59.6 Å². The smallest absolute Gasteiger partial charge is 0.284 e. The second-order valence-corrected chi connectivity index (χ2v) is 21.1. The number of nitrogens with one attached hydrogen (secondary N) is 4. The van der Waals surface area contributed by atoms with Gasteiger partial charge in [0.1, 0.15) is 16.0 Å². The number of rotatable bonds is 4. The summed E-state index contributed by atoms with van der Waals surface area (Å²) in [4.78, 5) is 48.7. The molecule has 8 aromatic rings. The van der Waals surface area contributed by atoms with Gasteiger partial charge in [-0.25, -0.2) is 19.5 Å². The first-order valence-corrected chi connectivity index (χ1v) is 25.1. The van der Waals surface area contributed by atoms with Crippen LogP contribution in [-0.2, 0) is 32.5 Å². The molecule has 11 heterocycles. The van der Waals surface area contributed by atoms with Gasteiger partial charge in [-0.05, 0) is 137 Å². The summed E-state index contributed by atoms with van der Waals surface area (Å²) in [6.07, 6.45) is 11.0. The molecule has 1 fully saturated rings. The molecule has 66 heavy (non-hydrogen) atoms. The first-order chi connectivity index (χ1) is 31.7. The number of hydrazine groups is 1. The lowest BCUT2D eigenvalue weighted by Crippen LogP contribution is -2.50. The number of benzene rings is 1. The van der Waals surface area contributed by atoms with Crippen LogP contribution in [0.2, 0.25) is 0 Å². The molecule has 2 bridgehead atoms. The minimum atomic E-state index is 0.0891. The highest BCUT2D eigenvalue weighted by molar-refractivity contribution is 7.25. The zero-order valence-corrected chi connectivity index (χ0v) is 40.5. The number of fused-ring (bicyclic) bond motifs is 16. The van der Waals surface area contributed by atoms with Crippen molar-refractivity contribution in [2.24, 2.45) is 0 Å². The molecule has 2 unspecified atom stereocenters. The summed E-state index contributed by atoms with van der Waals surface area (Å²) in [5, 5.41) is 14.3. The second-order valence-electron chi connectivity index (χ2n) is 20.0. The Kier molecular flexibility index (Phi) is 11.5. The summed E-state index contributed by atoms with van der Waals surface area (Å²) in [5.74, 6) is 0.829. The number of aryl methyl sites for hydroxylation is 3. The van der Waals surface area contributed by atoms with E-state index >= 15 is 0 Å². The van der Waals surface area contributed by atoms with E-state index in [2.05, 4.69) is 58.7 Å². The molecular formula is C50H65N11O4S. The molecule has 1 amide bonds. The van der Waals surface area contributed by atoms with Crippen molar-refractivity contribution in [3.63, 3.8) is 0 Å². The molecule has 0 spiro atoms. The molecule has 1 saturated carbocycles. The standard InChI is InChI=1S/C13H17N3O.C13H19N3O.C12H17N3O.C12H12N2OS/c1-7(2)16-13(17)10-6-11-8-3-4-9(5-8)15(11)12(10)14-16;1-9(2)16-13(17)11-7-10-5-3-4-6-15(10)12(11)8-14-16;1-8(2)15-12(16)10-7-9-5-3-4-6-14(9)11(10)13-15;1-7(2)14-12(15)11-10(13-14)8-5-3-4-6-9(8)16-11/h6-9,14H,3-5H2,1-2H3;7,9,14H,3-6,8H2,1-2H3;7-8,13H,3-6H2,1-2H3;3-7,13H,1-2H3. The molecule has 0 saturated heterocycles. The molecule has 0 radical (unpaired) electrons. The fraction of sp³-hybridized carbons (Fsp3) is 0.520. The van der Waals surface area contributed by atoms with Crippen molar-refractivity contribution in [3.05, 3.63) is 102 Å². The molecule has 16 heteroatoms. The Morgan fingerprint density at radius 1 is 0.636 bits per heavy atom. The summed E-state index contributed by atoms with van der Waals surface area (Å²) in [6.45, 7) is 19.1. The van der Waals surface area contributed by atoms with Crippen LogP contribution >= 0.6 is 11.3 Å². The molecular weight excluding hydrogens is 851 g/mol. The third kappa shape index (κ3) is 7.35. The Morgan fingerprint density at radius 3 is 1.94 bits per heavy atom. The van der Waals surface area contributed by atoms with Crippen LogP contribution in [-0.4, -0.2) is 60.0 Å². The molecule has 7 aromatic heterocycles. The fourth-order valence-electron chi connectivity index (χ4n) is 11.0. The minimum absolute atomic E-state index is 0.0891. The maximum atomic E-state index is 12.3. The number of H-pyrrole nitrogens is 3. The van der Waals surface area contributed by atoms with Crippen molar-refractivity contribution in [2.45, 2.75) is 169 Å². The lowest BCUT2D eigenvalue weighted by atomic mass is 10.1. The van der Waals surface area contributed by atoms with Gasteiger partial charge in [0.25, 0.3) is 22.6 Å². The van der Waals surface area contributed by atoms with Gasteiger partial charge in [-0.1, -0.05) is 18.2 Å². The number of aromatic nitrogens is 9. The quantitative estimate of drug-likeness (QED) is 0.138. The van der Waals surface area contributed by atoms with Crippen LogP contribution in [0, 0.1) is 0 Å². The molecule has 1 aliphatic carbocycles. The predicted molar refractivity (Wildman–Crippen MR) is 264 cm³/mol. The summed E-state index contributed by atoms with van der Waals surface area (Å²) in [7, 11) is 0. The van der Waals surface area contributed by atoms with Gasteiger partial charge in [0.15, 0.2) is 0 Å². The first-order valence-electron chi connectivity index (χ1n) is 24.3. The van der Waals surface area contributed by atoms with Gasteiger partial charge in [-0.15, -0.1) is 11.3 Å². The minimum Gasteiger partial charge on any atom is -0.347 e. The number of amides is 1. The second kappa shape index (κ2) is 17.2. The highest BCUT2D eigenvalue weighted by atomic mass is 32.1. The topological polar surface area (TPSA) is 160 Å². The SMILES string of the molecule is CC(C)N1NCc2c(cc3n2CCCC3)C1=O.CC(C)n1[nH]c2c(cc3n2C2CCC3C2)c1=O.CC(C)n1[nH]c2c(cc3n2CCCC3)c1=O.CC(C)n1[nH]c2c(sc3ccccc32)c1=O. The summed E-state index contributed by atoms with van der Waals surface area (Å²) in [6, 6.07) is 15.8. The van der Waals surface area contributed by atoms with Crippen LogP contribution in [0.1, 0.15) is 164 Å². The van der Waals surface area contributed by atoms with Gasteiger partial charge in [0.05, 0.1) is 28.4 Å². The van der Waals surface area contributed by atoms with E-state index in [-0.39, 0.29) is 46.8 Å². The van der Waals surface area contributed by atoms with Crippen LogP contribution in [0.25, 0.3) is 42.4 Å². The molecule has 1 aromatic carbocycles. The van der Waals surface area contributed by atoms with Crippen LogP contribution in [0.5, 0.6) is 0 Å². The maximum absolute atomic E-state index is 12.3. The zero-order valence-electron chi connectivity index (χ0n) is 39.7. The molecule has 4 aliphatic heterocycles. The Hall–Kier alpha value is -5.74. The lowest BCUT2D eigenvalue weighted by Gasteiger charge is -2.32. The number of aromatic amines is 3.